The van der Waals surface area contributed by atoms with Crippen molar-refractivity contribution >= 4 is 41.5 Å². The molecule has 3 N–H and O–H groups in total. The molecule has 1 fully saturated rings. The summed E-state index contributed by atoms with van der Waals surface area (Å²) in [6.45, 7) is 4.45. The van der Waals surface area contributed by atoms with Crippen LogP contribution in [0.4, 0.5) is 5.69 Å². The molecule has 1 aromatic rings. The maximum absolute atomic E-state index is 12.2. The predicted molar refractivity (Wildman–Crippen MR) is 90.4 cm³/mol. The van der Waals surface area contributed by atoms with Gasteiger partial charge >= 0.3 is 0 Å². The smallest absolute Gasteiger partial charge is 0.227 e. The minimum atomic E-state index is -0.464. The summed E-state index contributed by atoms with van der Waals surface area (Å²) in [6.07, 6.45) is 0.217. The number of carbonyl (C=O) groups is 2. The molecule has 0 aromatic heterocycles. The van der Waals surface area contributed by atoms with Gasteiger partial charge in [0.25, 0.3) is 0 Å². The number of amides is 2. The zero-order valence-corrected chi connectivity index (χ0v) is 14.2. The molecule has 1 aliphatic heterocycles. The number of nitrogens with two attached hydrogens (primary N) is 1. The fraction of sp³-hybridized carbons (Fsp3) is 0.467. The molecule has 5 nitrogen and oxygen atoms in total. The average molecular weight is 346 g/mol. The standard InChI is InChI=1S/C15H20ClN3O2.ClH/c1-15(2,9-17)18-14(21)10-7-13(20)19(8-10)12-5-3-11(16)4-6-12;/h3-6,10H,7-9,17H2,1-2H3,(H,18,21);1H. The van der Waals surface area contributed by atoms with Gasteiger partial charge in [-0.2, -0.15) is 0 Å². The summed E-state index contributed by atoms with van der Waals surface area (Å²) >= 11 is 5.84. The number of anilines is 1. The average Bonchev–Trinajstić information content (AvgIpc) is 2.81. The van der Waals surface area contributed by atoms with E-state index < -0.39 is 5.54 Å². The Morgan fingerprint density at radius 3 is 2.55 bits per heavy atom. The molecule has 7 heteroatoms. The predicted octanol–water partition coefficient (Wildman–Crippen LogP) is 1.97. The lowest BCUT2D eigenvalue weighted by atomic mass is 10.0. The van der Waals surface area contributed by atoms with Crippen molar-refractivity contribution in [1.82, 2.24) is 5.32 Å². The molecule has 2 rings (SSSR count). The van der Waals surface area contributed by atoms with E-state index in [1.165, 1.54) is 0 Å². The van der Waals surface area contributed by atoms with E-state index in [0.29, 0.717) is 18.1 Å². The molecular weight excluding hydrogens is 325 g/mol. The quantitative estimate of drug-likeness (QED) is 0.875. The van der Waals surface area contributed by atoms with Crippen LogP contribution in [0.25, 0.3) is 0 Å². The lowest BCUT2D eigenvalue weighted by Gasteiger charge is -2.26. The molecular formula is C15H21Cl2N3O2. The van der Waals surface area contributed by atoms with E-state index in [4.69, 9.17) is 17.3 Å². The molecule has 0 spiro atoms. The van der Waals surface area contributed by atoms with Gasteiger partial charge in [0.05, 0.1) is 5.92 Å². The van der Waals surface area contributed by atoms with E-state index in [9.17, 15) is 9.59 Å². The van der Waals surface area contributed by atoms with Crippen LogP contribution < -0.4 is 16.0 Å². The second-order valence-electron chi connectivity index (χ2n) is 5.96. The van der Waals surface area contributed by atoms with Crippen molar-refractivity contribution in [2.24, 2.45) is 11.7 Å². The molecule has 1 atom stereocenters. The van der Waals surface area contributed by atoms with E-state index in [1.54, 1.807) is 29.2 Å². The summed E-state index contributed by atoms with van der Waals surface area (Å²) < 4.78 is 0. The molecule has 1 saturated heterocycles. The number of carbonyl (C=O) groups excluding carboxylic acids is 2. The molecule has 0 aliphatic carbocycles. The highest BCUT2D eigenvalue weighted by molar-refractivity contribution is 6.30. The maximum Gasteiger partial charge on any atom is 0.227 e. The van der Waals surface area contributed by atoms with Crippen LogP contribution in [0.2, 0.25) is 5.02 Å². The van der Waals surface area contributed by atoms with Gasteiger partial charge < -0.3 is 16.0 Å². The highest BCUT2D eigenvalue weighted by atomic mass is 35.5. The summed E-state index contributed by atoms with van der Waals surface area (Å²) in [5, 5.41) is 3.50. The lowest BCUT2D eigenvalue weighted by Crippen LogP contribution is -2.51. The van der Waals surface area contributed by atoms with E-state index in [0.717, 1.165) is 5.69 Å². The van der Waals surface area contributed by atoms with Crippen LogP contribution in [-0.2, 0) is 9.59 Å². The summed E-state index contributed by atoms with van der Waals surface area (Å²) in [6, 6.07) is 7.03. The van der Waals surface area contributed by atoms with Crippen LogP contribution in [-0.4, -0.2) is 30.4 Å². The molecule has 22 heavy (non-hydrogen) atoms. The van der Waals surface area contributed by atoms with Gasteiger partial charge in [-0.15, -0.1) is 12.4 Å². The highest BCUT2D eigenvalue weighted by Gasteiger charge is 2.36. The maximum atomic E-state index is 12.2. The van der Waals surface area contributed by atoms with E-state index in [1.807, 2.05) is 13.8 Å². The first-order valence-corrected chi connectivity index (χ1v) is 7.28. The van der Waals surface area contributed by atoms with Crippen molar-refractivity contribution in [3.05, 3.63) is 29.3 Å². The fourth-order valence-corrected chi connectivity index (χ4v) is 2.37. The van der Waals surface area contributed by atoms with Gasteiger partial charge in [0.2, 0.25) is 11.8 Å². The largest absolute Gasteiger partial charge is 0.350 e. The minimum Gasteiger partial charge on any atom is -0.350 e. The van der Waals surface area contributed by atoms with Crippen molar-refractivity contribution in [2.45, 2.75) is 25.8 Å². The van der Waals surface area contributed by atoms with Crippen LogP contribution in [0.3, 0.4) is 0 Å². The Kier molecular flexibility index (Phi) is 6.23. The molecule has 1 unspecified atom stereocenters. The highest BCUT2D eigenvalue weighted by Crippen LogP contribution is 2.26. The minimum absolute atomic E-state index is 0. The number of rotatable bonds is 4. The van der Waals surface area contributed by atoms with Crippen LogP contribution in [0, 0.1) is 5.92 Å². The molecule has 0 radical (unpaired) electrons. The molecule has 0 saturated carbocycles. The number of hydrogen-bond acceptors (Lipinski definition) is 3. The zero-order valence-electron chi connectivity index (χ0n) is 12.6. The summed E-state index contributed by atoms with van der Waals surface area (Å²) in [7, 11) is 0. The summed E-state index contributed by atoms with van der Waals surface area (Å²) in [5.41, 5.74) is 5.91. The van der Waals surface area contributed by atoms with Crippen LogP contribution in [0.15, 0.2) is 24.3 Å². The molecule has 122 valence electrons. The van der Waals surface area contributed by atoms with E-state index in [2.05, 4.69) is 5.32 Å². The van der Waals surface area contributed by atoms with Gasteiger partial charge in [-0.25, -0.2) is 0 Å². The lowest BCUT2D eigenvalue weighted by molar-refractivity contribution is -0.127. The summed E-state index contributed by atoms with van der Waals surface area (Å²) in [5.74, 6) is -0.530. The van der Waals surface area contributed by atoms with Crippen LogP contribution >= 0.6 is 24.0 Å². The molecule has 1 aliphatic rings. The number of benzene rings is 1. The Morgan fingerprint density at radius 1 is 1.41 bits per heavy atom. The van der Waals surface area contributed by atoms with Gasteiger partial charge in [0, 0.05) is 35.8 Å². The topological polar surface area (TPSA) is 75.4 Å². The number of nitrogens with one attached hydrogen (secondary N) is 1. The van der Waals surface area contributed by atoms with Crippen molar-refractivity contribution in [1.29, 1.82) is 0 Å². The second-order valence-corrected chi connectivity index (χ2v) is 6.40. The monoisotopic (exact) mass is 345 g/mol. The Balaban J connectivity index is 0.00000242. The fourth-order valence-electron chi connectivity index (χ4n) is 2.24. The third-order valence-corrected chi connectivity index (χ3v) is 3.86. The third kappa shape index (κ3) is 4.35. The number of nitrogens with zero attached hydrogens (tertiary/aromatic N) is 1. The van der Waals surface area contributed by atoms with Crippen LogP contribution in [0.5, 0.6) is 0 Å². The van der Waals surface area contributed by atoms with Gasteiger partial charge in [-0.3, -0.25) is 9.59 Å². The van der Waals surface area contributed by atoms with E-state index >= 15 is 0 Å². The molecule has 2 amide bonds. The normalized spacial score (nSPS) is 18.1. The third-order valence-electron chi connectivity index (χ3n) is 3.61. The van der Waals surface area contributed by atoms with Gasteiger partial charge in [-0.05, 0) is 38.1 Å². The number of halogens is 2. The molecule has 1 heterocycles. The second kappa shape index (κ2) is 7.31. The Bertz CT molecular complexity index is 546. The molecule has 1 aromatic carbocycles. The SMILES string of the molecule is CC(C)(CN)NC(=O)C1CC(=O)N(c2ccc(Cl)cc2)C1.Cl. The zero-order chi connectivity index (χ0) is 15.6. The van der Waals surface area contributed by atoms with Crippen molar-refractivity contribution in [2.75, 3.05) is 18.0 Å². The van der Waals surface area contributed by atoms with E-state index in [-0.39, 0.29) is 36.6 Å². The van der Waals surface area contributed by atoms with Gasteiger partial charge in [0.15, 0.2) is 0 Å². The van der Waals surface area contributed by atoms with Crippen LogP contribution in [0.1, 0.15) is 20.3 Å². The Morgan fingerprint density at radius 2 is 2.00 bits per heavy atom. The van der Waals surface area contributed by atoms with Gasteiger partial charge in [0.1, 0.15) is 0 Å². The first-order chi connectivity index (χ1) is 9.82. The molecule has 0 bridgehead atoms. The Hall–Kier alpha value is -1.30. The Labute approximate surface area is 141 Å². The van der Waals surface area contributed by atoms with Crippen molar-refractivity contribution in [3.63, 3.8) is 0 Å². The van der Waals surface area contributed by atoms with Gasteiger partial charge in [-0.1, -0.05) is 11.6 Å². The van der Waals surface area contributed by atoms with Crippen molar-refractivity contribution < 1.29 is 9.59 Å². The number of hydrogen-bond donors (Lipinski definition) is 2. The van der Waals surface area contributed by atoms with Crippen molar-refractivity contribution in [3.8, 4) is 0 Å². The first-order valence-electron chi connectivity index (χ1n) is 6.90. The first kappa shape index (κ1) is 18.7. The summed E-state index contributed by atoms with van der Waals surface area (Å²) in [4.78, 5) is 25.9.